The summed E-state index contributed by atoms with van der Waals surface area (Å²) in [6, 6.07) is 1.32. The molecule has 0 aromatic carbocycles. The molecule has 0 saturated carbocycles. The minimum Gasteiger partial charge on any atom is -0.367 e. The van der Waals surface area contributed by atoms with Gasteiger partial charge in [-0.3, -0.25) is 14.7 Å². The van der Waals surface area contributed by atoms with Gasteiger partial charge in [0.15, 0.2) is 11.3 Å². The van der Waals surface area contributed by atoms with Gasteiger partial charge in [-0.25, -0.2) is 4.98 Å². The lowest BCUT2D eigenvalue weighted by Crippen LogP contribution is -2.30. The van der Waals surface area contributed by atoms with Crippen LogP contribution in [0.5, 0.6) is 0 Å². The molecule has 94 valence electrons. The molecule has 7 heteroatoms. The zero-order valence-electron chi connectivity index (χ0n) is 10.1. The SMILES string of the molecule is Cc1nc(CN(C)C(=O)c2c[nH]ccc2=O)n[nH]1. The second kappa shape index (κ2) is 4.82. The van der Waals surface area contributed by atoms with E-state index in [2.05, 4.69) is 20.2 Å². The number of hydrogen-bond donors (Lipinski definition) is 2. The summed E-state index contributed by atoms with van der Waals surface area (Å²) < 4.78 is 0. The minimum absolute atomic E-state index is 0.104. The third kappa shape index (κ3) is 2.45. The number of rotatable bonds is 3. The molecule has 0 radical (unpaired) electrons. The second-order valence-electron chi connectivity index (χ2n) is 3.92. The van der Waals surface area contributed by atoms with Crippen molar-refractivity contribution in [3.05, 3.63) is 45.9 Å². The maximum Gasteiger partial charge on any atom is 0.259 e. The molecule has 0 bridgehead atoms. The Morgan fingerprint density at radius 1 is 1.50 bits per heavy atom. The molecule has 7 nitrogen and oxygen atoms in total. The summed E-state index contributed by atoms with van der Waals surface area (Å²) in [6.07, 6.45) is 2.88. The average Bonchev–Trinajstić information content (AvgIpc) is 2.74. The lowest BCUT2D eigenvalue weighted by atomic mass is 10.2. The molecule has 0 fully saturated rings. The van der Waals surface area contributed by atoms with Crippen LogP contribution < -0.4 is 5.43 Å². The van der Waals surface area contributed by atoms with Crippen LogP contribution in [0.4, 0.5) is 0 Å². The van der Waals surface area contributed by atoms with Crippen LogP contribution in [0.15, 0.2) is 23.3 Å². The van der Waals surface area contributed by atoms with E-state index in [0.29, 0.717) is 11.6 Å². The smallest absolute Gasteiger partial charge is 0.259 e. The highest BCUT2D eigenvalue weighted by molar-refractivity contribution is 5.93. The summed E-state index contributed by atoms with van der Waals surface area (Å²) in [6.45, 7) is 2.03. The van der Waals surface area contributed by atoms with E-state index in [9.17, 15) is 9.59 Å². The molecule has 0 aliphatic rings. The van der Waals surface area contributed by atoms with Gasteiger partial charge >= 0.3 is 0 Å². The van der Waals surface area contributed by atoms with Crippen LogP contribution >= 0.6 is 0 Å². The monoisotopic (exact) mass is 247 g/mol. The normalized spacial score (nSPS) is 10.3. The zero-order chi connectivity index (χ0) is 13.1. The van der Waals surface area contributed by atoms with Gasteiger partial charge in [0.1, 0.15) is 11.4 Å². The van der Waals surface area contributed by atoms with Crippen LogP contribution in [0.25, 0.3) is 0 Å². The van der Waals surface area contributed by atoms with Gasteiger partial charge in [-0.15, -0.1) is 0 Å². The van der Waals surface area contributed by atoms with Crippen molar-refractivity contribution in [1.82, 2.24) is 25.1 Å². The van der Waals surface area contributed by atoms with Crippen molar-refractivity contribution < 1.29 is 4.79 Å². The molecule has 2 aromatic rings. The Labute approximate surface area is 103 Å². The third-order valence-electron chi connectivity index (χ3n) is 2.42. The van der Waals surface area contributed by atoms with Crippen molar-refractivity contribution >= 4 is 5.91 Å². The van der Waals surface area contributed by atoms with E-state index < -0.39 is 0 Å². The topological polar surface area (TPSA) is 94.7 Å². The molecule has 0 aliphatic heterocycles. The largest absolute Gasteiger partial charge is 0.367 e. The molecule has 0 spiro atoms. The predicted molar refractivity (Wildman–Crippen MR) is 64.0 cm³/mol. The number of pyridine rings is 1. The molecule has 2 heterocycles. The van der Waals surface area contributed by atoms with E-state index in [4.69, 9.17) is 0 Å². The predicted octanol–water partition coefficient (Wildman–Crippen LogP) is 0.0736. The molecule has 2 aromatic heterocycles. The fourth-order valence-electron chi connectivity index (χ4n) is 1.53. The summed E-state index contributed by atoms with van der Waals surface area (Å²) in [7, 11) is 1.60. The van der Waals surface area contributed by atoms with E-state index in [-0.39, 0.29) is 23.4 Å². The van der Waals surface area contributed by atoms with Gasteiger partial charge in [-0.2, -0.15) is 5.10 Å². The fourth-order valence-corrected chi connectivity index (χ4v) is 1.53. The van der Waals surface area contributed by atoms with Gasteiger partial charge in [0.05, 0.1) is 6.54 Å². The van der Waals surface area contributed by atoms with Crippen molar-refractivity contribution in [3.63, 3.8) is 0 Å². The number of aryl methyl sites for hydroxylation is 1. The van der Waals surface area contributed by atoms with E-state index in [1.54, 1.807) is 14.0 Å². The highest BCUT2D eigenvalue weighted by atomic mass is 16.2. The molecule has 2 N–H and O–H groups in total. The number of H-pyrrole nitrogens is 2. The number of amides is 1. The van der Waals surface area contributed by atoms with Crippen LogP contribution in [-0.2, 0) is 6.54 Å². The lowest BCUT2D eigenvalue weighted by Gasteiger charge is -2.14. The highest BCUT2D eigenvalue weighted by Crippen LogP contribution is 2.01. The van der Waals surface area contributed by atoms with Gasteiger partial charge in [-0.1, -0.05) is 0 Å². The zero-order valence-corrected chi connectivity index (χ0v) is 10.1. The summed E-state index contributed by atoms with van der Waals surface area (Å²) in [5.41, 5.74) is -0.205. The Morgan fingerprint density at radius 2 is 2.28 bits per heavy atom. The lowest BCUT2D eigenvalue weighted by molar-refractivity contribution is 0.0780. The molecular weight excluding hydrogens is 234 g/mol. The van der Waals surface area contributed by atoms with Crippen molar-refractivity contribution in [2.75, 3.05) is 7.05 Å². The third-order valence-corrected chi connectivity index (χ3v) is 2.42. The molecule has 0 aliphatic carbocycles. The first-order chi connectivity index (χ1) is 8.58. The first-order valence-corrected chi connectivity index (χ1v) is 5.38. The van der Waals surface area contributed by atoms with Gasteiger partial charge in [-0.05, 0) is 6.92 Å². The number of aromatic amines is 2. The summed E-state index contributed by atoms with van der Waals surface area (Å²) in [5.74, 6) is 0.832. The number of hydrogen-bond acceptors (Lipinski definition) is 4. The molecule has 0 saturated heterocycles. The quantitative estimate of drug-likeness (QED) is 0.802. The van der Waals surface area contributed by atoms with E-state index in [1.165, 1.54) is 23.4 Å². The highest BCUT2D eigenvalue weighted by Gasteiger charge is 2.16. The maximum absolute atomic E-state index is 12.0. The Morgan fingerprint density at radius 3 is 2.89 bits per heavy atom. The standard InChI is InChI=1S/C11H13N5O2/c1-7-13-10(15-14-7)6-16(2)11(18)8-5-12-4-3-9(8)17/h3-5H,6H2,1-2H3,(H,12,17)(H,13,14,15). The van der Waals surface area contributed by atoms with Crippen molar-refractivity contribution in [3.8, 4) is 0 Å². The van der Waals surface area contributed by atoms with Crippen LogP contribution in [0, 0.1) is 6.92 Å². The molecular formula is C11H13N5O2. The Kier molecular flexibility index (Phi) is 3.22. The Balaban J connectivity index is 2.15. The van der Waals surface area contributed by atoms with E-state index in [0.717, 1.165) is 0 Å². The summed E-state index contributed by atoms with van der Waals surface area (Å²) in [4.78, 5) is 31.8. The minimum atomic E-state index is -0.362. The van der Waals surface area contributed by atoms with Crippen LogP contribution in [-0.4, -0.2) is 38.0 Å². The molecule has 1 amide bonds. The molecule has 0 unspecified atom stereocenters. The van der Waals surface area contributed by atoms with Crippen LogP contribution in [0.3, 0.4) is 0 Å². The number of nitrogens with one attached hydrogen (secondary N) is 2. The van der Waals surface area contributed by atoms with E-state index >= 15 is 0 Å². The van der Waals surface area contributed by atoms with Gasteiger partial charge < -0.3 is 9.88 Å². The summed E-state index contributed by atoms with van der Waals surface area (Å²) in [5, 5.41) is 6.64. The number of aromatic nitrogens is 4. The van der Waals surface area contributed by atoms with E-state index in [1.807, 2.05) is 0 Å². The molecule has 18 heavy (non-hydrogen) atoms. The van der Waals surface area contributed by atoms with Crippen LogP contribution in [0.1, 0.15) is 22.0 Å². The van der Waals surface area contributed by atoms with Gasteiger partial charge in [0, 0.05) is 25.5 Å². The Bertz CT molecular complexity index is 616. The van der Waals surface area contributed by atoms with Crippen LogP contribution in [0.2, 0.25) is 0 Å². The second-order valence-corrected chi connectivity index (χ2v) is 3.92. The maximum atomic E-state index is 12.0. The number of nitrogens with zero attached hydrogens (tertiary/aromatic N) is 3. The van der Waals surface area contributed by atoms with Gasteiger partial charge in [0.2, 0.25) is 0 Å². The number of carbonyl (C=O) groups excluding carboxylic acids is 1. The Hall–Kier alpha value is -2.44. The first-order valence-electron chi connectivity index (χ1n) is 5.38. The van der Waals surface area contributed by atoms with Gasteiger partial charge in [0.25, 0.3) is 5.91 Å². The first kappa shape index (κ1) is 12.0. The van der Waals surface area contributed by atoms with Crippen molar-refractivity contribution in [2.24, 2.45) is 0 Å². The summed E-state index contributed by atoms with van der Waals surface area (Å²) >= 11 is 0. The fraction of sp³-hybridized carbons (Fsp3) is 0.273. The number of carbonyl (C=O) groups is 1. The van der Waals surface area contributed by atoms with Crippen molar-refractivity contribution in [2.45, 2.75) is 13.5 Å². The van der Waals surface area contributed by atoms with Crippen molar-refractivity contribution in [1.29, 1.82) is 0 Å². The molecule has 0 atom stereocenters. The average molecular weight is 247 g/mol. The molecule has 2 rings (SSSR count).